The first-order valence-corrected chi connectivity index (χ1v) is 8.95. The molecular weight excluding hydrogens is 254 g/mol. The van der Waals surface area contributed by atoms with Crippen molar-refractivity contribution in [3.05, 3.63) is 34.9 Å². The predicted octanol–water partition coefficient (Wildman–Crippen LogP) is 5.56. The molecule has 0 saturated heterocycles. The number of aryl methyl sites for hydroxylation is 2. The van der Waals surface area contributed by atoms with E-state index in [1.54, 1.807) is 0 Å². The highest BCUT2D eigenvalue weighted by Crippen LogP contribution is 2.38. The van der Waals surface area contributed by atoms with E-state index in [9.17, 15) is 0 Å². The van der Waals surface area contributed by atoms with Crippen molar-refractivity contribution in [3.8, 4) is 0 Å². The second-order valence-corrected chi connectivity index (χ2v) is 7.03. The molecule has 0 radical (unpaired) electrons. The van der Waals surface area contributed by atoms with Gasteiger partial charge in [-0.05, 0) is 50.6 Å². The molecule has 0 aliphatic heterocycles. The maximum Gasteiger partial charge on any atom is 0.0348 e. The monoisotopic (exact) mass is 287 g/mol. The third kappa shape index (κ3) is 4.57. The van der Waals surface area contributed by atoms with Gasteiger partial charge in [0.1, 0.15) is 0 Å². The number of hydrogen-bond acceptors (Lipinski definition) is 1. The molecule has 1 aliphatic carbocycles. The Morgan fingerprint density at radius 1 is 1.00 bits per heavy atom. The van der Waals surface area contributed by atoms with Crippen LogP contribution in [-0.2, 0) is 0 Å². The minimum atomic E-state index is 0.552. The minimum Gasteiger partial charge on any atom is -0.310 e. The smallest absolute Gasteiger partial charge is 0.0348 e. The molecule has 2 rings (SSSR count). The molecule has 0 heterocycles. The van der Waals surface area contributed by atoms with Gasteiger partial charge in [0, 0.05) is 6.04 Å². The van der Waals surface area contributed by atoms with Crippen LogP contribution in [0.2, 0.25) is 0 Å². The molecule has 1 nitrogen and oxygen atoms in total. The fourth-order valence-corrected chi connectivity index (χ4v) is 4.18. The van der Waals surface area contributed by atoms with Crippen LogP contribution in [0, 0.1) is 25.7 Å². The summed E-state index contributed by atoms with van der Waals surface area (Å²) in [4.78, 5) is 0. The van der Waals surface area contributed by atoms with Gasteiger partial charge in [-0.2, -0.15) is 0 Å². The number of hydrogen-bond donors (Lipinski definition) is 1. The third-order valence-electron chi connectivity index (χ3n) is 5.09. The zero-order chi connectivity index (χ0) is 15.2. The van der Waals surface area contributed by atoms with Crippen molar-refractivity contribution in [2.24, 2.45) is 11.8 Å². The Bertz CT molecular complexity index is 409. The van der Waals surface area contributed by atoms with Gasteiger partial charge in [-0.25, -0.2) is 0 Å². The second kappa shape index (κ2) is 7.98. The van der Waals surface area contributed by atoms with Gasteiger partial charge in [-0.3, -0.25) is 0 Å². The summed E-state index contributed by atoms with van der Waals surface area (Å²) in [6.07, 6.45) is 8.45. The number of benzene rings is 1. The van der Waals surface area contributed by atoms with Crippen LogP contribution in [0.3, 0.4) is 0 Å². The quantitative estimate of drug-likeness (QED) is 0.722. The Hall–Kier alpha value is -0.820. The summed E-state index contributed by atoms with van der Waals surface area (Å²) in [5, 5.41) is 3.77. The summed E-state index contributed by atoms with van der Waals surface area (Å²) in [7, 11) is 0. The van der Waals surface area contributed by atoms with Crippen molar-refractivity contribution in [2.75, 3.05) is 6.54 Å². The molecule has 1 aromatic rings. The van der Waals surface area contributed by atoms with E-state index in [1.807, 2.05) is 0 Å². The van der Waals surface area contributed by atoms with E-state index in [2.05, 4.69) is 51.2 Å². The molecule has 118 valence electrons. The van der Waals surface area contributed by atoms with Gasteiger partial charge in [0.25, 0.3) is 0 Å². The Morgan fingerprint density at radius 3 is 2.14 bits per heavy atom. The standard InChI is InChI=1S/C20H33N/c1-5-7-17-8-10-18(11-9-17)20(21-6-2)19-13-15(3)12-16(4)14-19/h12-14,17-18,20-21H,5-11H2,1-4H3. The highest BCUT2D eigenvalue weighted by Gasteiger charge is 2.28. The van der Waals surface area contributed by atoms with Crippen molar-refractivity contribution < 1.29 is 0 Å². The van der Waals surface area contributed by atoms with Gasteiger partial charge in [-0.1, -0.05) is 68.9 Å². The summed E-state index contributed by atoms with van der Waals surface area (Å²) in [5.41, 5.74) is 4.30. The maximum atomic E-state index is 3.77. The molecule has 1 N–H and O–H groups in total. The van der Waals surface area contributed by atoms with Crippen LogP contribution >= 0.6 is 0 Å². The molecule has 1 aromatic carbocycles. The Labute approximate surface area is 131 Å². The van der Waals surface area contributed by atoms with Crippen molar-refractivity contribution >= 4 is 0 Å². The molecule has 0 aromatic heterocycles. The summed E-state index contributed by atoms with van der Waals surface area (Å²) in [5.74, 6) is 1.81. The fourth-order valence-electron chi connectivity index (χ4n) is 4.18. The Balaban J connectivity index is 2.08. The molecule has 0 spiro atoms. The van der Waals surface area contributed by atoms with E-state index in [-0.39, 0.29) is 0 Å². The van der Waals surface area contributed by atoms with Crippen molar-refractivity contribution in [1.29, 1.82) is 0 Å². The van der Waals surface area contributed by atoms with Crippen LogP contribution in [0.15, 0.2) is 18.2 Å². The zero-order valence-corrected chi connectivity index (χ0v) is 14.4. The largest absolute Gasteiger partial charge is 0.310 e. The Morgan fingerprint density at radius 2 is 1.62 bits per heavy atom. The van der Waals surface area contributed by atoms with E-state index in [0.29, 0.717) is 6.04 Å². The summed E-state index contributed by atoms with van der Waals surface area (Å²) < 4.78 is 0. The summed E-state index contributed by atoms with van der Waals surface area (Å²) in [6.45, 7) is 10.1. The van der Waals surface area contributed by atoms with Gasteiger partial charge in [-0.15, -0.1) is 0 Å². The van der Waals surface area contributed by atoms with E-state index in [1.165, 1.54) is 55.2 Å². The minimum absolute atomic E-state index is 0.552. The topological polar surface area (TPSA) is 12.0 Å². The van der Waals surface area contributed by atoms with E-state index < -0.39 is 0 Å². The normalized spacial score (nSPS) is 24.0. The highest BCUT2D eigenvalue weighted by molar-refractivity contribution is 5.31. The van der Waals surface area contributed by atoms with Crippen LogP contribution in [0.5, 0.6) is 0 Å². The third-order valence-corrected chi connectivity index (χ3v) is 5.09. The lowest BCUT2D eigenvalue weighted by molar-refractivity contribution is 0.215. The van der Waals surface area contributed by atoms with Gasteiger partial charge >= 0.3 is 0 Å². The van der Waals surface area contributed by atoms with Crippen LogP contribution in [-0.4, -0.2) is 6.54 Å². The lowest BCUT2D eigenvalue weighted by Gasteiger charge is -2.35. The first kappa shape index (κ1) is 16.5. The SMILES string of the molecule is CCCC1CCC(C(NCC)c2cc(C)cc(C)c2)CC1. The first-order valence-electron chi connectivity index (χ1n) is 8.95. The average Bonchev–Trinajstić information content (AvgIpc) is 2.45. The van der Waals surface area contributed by atoms with E-state index in [4.69, 9.17) is 0 Å². The molecule has 1 heteroatoms. The molecular formula is C20H33N. The van der Waals surface area contributed by atoms with E-state index in [0.717, 1.165) is 18.4 Å². The van der Waals surface area contributed by atoms with Crippen molar-refractivity contribution in [3.63, 3.8) is 0 Å². The molecule has 0 amide bonds. The lowest BCUT2D eigenvalue weighted by atomic mass is 9.75. The zero-order valence-electron chi connectivity index (χ0n) is 14.4. The number of nitrogens with one attached hydrogen (secondary N) is 1. The first-order chi connectivity index (χ1) is 10.1. The maximum absolute atomic E-state index is 3.77. The van der Waals surface area contributed by atoms with Crippen LogP contribution in [0.1, 0.15) is 75.1 Å². The molecule has 1 saturated carbocycles. The van der Waals surface area contributed by atoms with Gasteiger partial charge < -0.3 is 5.32 Å². The van der Waals surface area contributed by atoms with Crippen molar-refractivity contribution in [1.82, 2.24) is 5.32 Å². The summed E-state index contributed by atoms with van der Waals surface area (Å²) >= 11 is 0. The second-order valence-electron chi connectivity index (χ2n) is 7.03. The van der Waals surface area contributed by atoms with Crippen LogP contribution in [0.4, 0.5) is 0 Å². The van der Waals surface area contributed by atoms with Crippen molar-refractivity contribution in [2.45, 2.75) is 72.3 Å². The predicted molar refractivity (Wildman–Crippen MR) is 92.7 cm³/mol. The molecule has 1 unspecified atom stereocenters. The molecule has 1 atom stereocenters. The highest BCUT2D eigenvalue weighted by atomic mass is 14.9. The van der Waals surface area contributed by atoms with Gasteiger partial charge in [0.2, 0.25) is 0 Å². The number of rotatable bonds is 6. The van der Waals surface area contributed by atoms with Crippen LogP contribution in [0.25, 0.3) is 0 Å². The Kier molecular flexibility index (Phi) is 6.29. The summed E-state index contributed by atoms with van der Waals surface area (Å²) in [6, 6.07) is 7.61. The van der Waals surface area contributed by atoms with Crippen LogP contribution < -0.4 is 5.32 Å². The molecule has 21 heavy (non-hydrogen) atoms. The lowest BCUT2D eigenvalue weighted by Crippen LogP contribution is -2.31. The molecule has 1 fully saturated rings. The molecule has 1 aliphatic rings. The van der Waals surface area contributed by atoms with Gasteiger partial charge in [0.15, 0.2) is 0 Å². The average molecular weight is 287 g/mol. The van der Waals surface area contributed by atoms with Gasteiger partial charge in [0.05, 0.1) is 0 Å². The fraction of sp³-hybridized carbons (Fsp3) is 0.700. The van der Waals surface area contributed by atoms with E-state index >= 15 is 0 Å². The molecule has 0 bridgehead atoms.